The SMILES string of the molecule is Cn1cc(C2OCCC2CNCCc2ccccc2F)cn1. The molecule has 4 nitrogen and oxygen atoms in total. The second-order valence-electron chi connectivity index (χ2n) is 5.83. The van der Waals surface area contributed by atoms with Crippen LogP contribution in [0, 0.1) is 11.7 Å². The molecule has 22 heavy (non-hydrogen) atoms. The highest BCUT2D eigenvalue weighted by molar-refractivity contribution is 5.17. The maximum atomic E-state index is 13.5. The Labute approximate surface area is 130 Å². The summed E-state index contributed by atoms with van der Waals surface area (Å²) in [4.78, 5) is 0. The molecule has 1 aliphatic rings. The van der Waals surface area contributed by atoms with Gasteiger partial charge in [-0.1, -0.05) is 18.2 Å². The van der Waals surface area contributed by atoms with Gasteiger partial charge in [-0.25, -0.2) is 4.39 Å². The van der Waals surface area contributed by atoms with Crippen LogP contribution in [0.3, 0.4) is 0 Å². The van der Waals surface area contributed by atoms with Crippen LogP contribution in [0.25, 0.3) is 0 Å². The van der Waals surface area contributed by atoms with Crippen molar-refractivity contribution in [3.8, 4) is 0 Å². The summed E-state index contributed by atoms with van der Waals surface area (Å²) in [6.07, 6.45) is 5.77. The van der Waals surface area contributed by atoms with E-state index in [0.29, 0.717) is 12.3 Å². The fourth-order valence-corrected chi connectivity index (χ4v) is 3.01. The minimum absolute atomic E-state index is 0.120. The molecule has 0 amide bonds. The van der Waals surface area contributed by atoms with Gasteiger partial charge in [-0.2, -0.15) is 5.10 Å². The molecule has 2 atom stereocenters. The van der Waals surface area contributed by atoms with Crippen molar-refractivity contribution in [2.75, 3.05) is 19.7 Å². The Hall–Kier alpha value is -1.72. The molecule has 1 aromatic heterocycles. The van der Waals surface area contributed by atoms with Crippen LogP contribution >= 0.6 is 0 Å². The Morgan fingerprint density at radius 1 is 1.41 bits per heavy atom. The highest BCUT2D eigenvalue weighted by atomic mass is 19.1. The number of ether oxygens (including phenoxy) is 1. The first-order valence-corrected chi connectivity index (χ1v) is 7.78. The van der Waals surface area contributed by atoms with E-state index in [-0.39, 0.29) is 11.9 Å². The van der Waals surface area contributed by atoms with Gasteiger partial charge in [0.2, 0.25) is 0 Å². The zero-order chi connectivity index (χ0) is 15.4. The normalized spacial score (nSPS) is 21.4. The van der Waals surface area contributed by atoms with E-state index in [4.69, 9.17) is 4.74 Å². The predicted molar refractivity (Wildman–Crippen MR) is 83.0 cm³/mol. The molecule has 1 saturated heterocycles. The van der Waals surface area contributed by atoms with Crippen LogP contribution in [0.15, 0.2) is 36.7 Å². The second-order valence-corrected chi connectivity index (χ2v) is 5.83. The molecule has 1 aromatic carbocycles. The van der Waals surface area contributed by atoms with Gasteiger partial charge in [0.05, 0.1) is 12.3 Å². The minimum Gasteiger partial charge on any atom is -0.373 e. The lowest BCUT2D eigenvalue weighted by atomic mass is 9.97. The van der Waals surface area contributed by atoms with Crippen LogP contribution in [0.1, 0.15) is 23.7 Å². The van der Waals surface area contributed by atoms with E-state index in [0.717, 1.165) is 37.2 Å². The van der Waals surface area contributed by atoms with Crippen molar-refractivity contribution in [3.63, 3.8) is 0 Å². The maximum Gasteiger partial charge on any atom is 0.126 e. The van der Waals surface area contributed by atoms with Crippen molar-refractivity contribution < 1.29 is 9.13 Å². The average Bonchev–Trinajstić information content (AvgIpc) is 3.14. The highest BCUT2D eigenvalue weighted by Gasteiger charge is 2.30. The number of aryl methyl sites for hydroxylation is 1. The lowest BCUT2D eigenvalue weighted by molar-refractivity contribution is 0.0905. The van der Waals surface area contributed by atoms with Crippen molar-refractivity contribution in [2.45, 2.75) is 18.9 Å². The van der Waals surface area contributed by atoms with E-state index in [2.05, 4.69) is 10.4 Å². The molecular weight excluding hydrogens is 281 g/mol. The molecule has 0 bridgehead atoms. The molecule has 0 radical (unpaired) electrons. The van der Waals surface area contributed by atoms with Crippen molar-refractivity contribution in [2.24, 2.45) is 13.0 Å². The van der Waals surface area contributed by atoms with E-state index in [9.17, 15) is 4.39 Å². The number of halogens is 1. The summed E-state index contributed by atoms with van der Waals surface area (Å²) in [5.41, 5.74) is 1.90. The van der Waals surface area contributed by atoms with E-state index < -0.39 is 0 Å². The summed E-state index contributed by atoms with van der Waals surface area (Å²) in [5, 5.41) is 7.65. The van der Waals surface area contributed by atoms with Crippen molar-refractivity contribution in [1.82, 2.24) is 15.1 Å². The zero-order valence-electron chi connectivity index (χ0n) is 12.8. The zero-order valence-corrected chi connectivity index (χ0v) is 12.8. The Balaban J connectivity index is 1.48. The monoisotopic (exact) mass is 303 g/mol. The first-order valence-electron chi connectivity index (χ1n) is 7.78. The Kier molecular flexibility index (Phi) is 4.85. The van der Waals surface area contributed by atoms with Gasteiger partial charge < -0.3 is 10.1 Å². The number of hydrogen-bond acceptors (Lipinski definition) is 3. The number of rotatable bonds is 6. The molecule has 1 fully saturated rings. The fraction of sp³-hybridized carbons (Fsp3) is 0.471. The van der Waals surface area contributed by atoms with Gasteiger partial charge >= 0.3 is 0 Å². The van der Waals surface area contributed by atoms with Crippen molar-refractivity contribution >= 4 is 0 Å². The van der Waals surface area contributed by atoms with E-state index in [1.54, 1.807) is 10.7 Å². The Morgan fingerprint density at radius 3 is 3.05 bits per heavy atom. The predicted octanol–water partition coefficient (Wildman–Crippen LogP) is 2.47. The standard InChI is InChI=1S/C17H22FN3O/c1-21-12-15(11-20-21)17-14(7-9-22-17)10-19-8-6-13-4-2-3-5-16(13)18/h2-5,11-12,14,17,19H,6-10H2,1H3. The third kappa shape index (κ3) is 3.54. The Bertz CT molecular complexity index is 613. The van der Waals surface area contributed by atoms with Crippen LogP contribution in [-0.2, 0) is 18.2 Å². The van der Waals surface area contributed by atoms with Gasteiger partial charge in [0.1, 0.15) is 5.82 Å². The van der Waals surface area contributed by atoms with Gasteiger partial charge in [0.15, 0.2) is 0 Å². The lowest BCUT2D eigenvalue weighted by Gasteiger charge is -2.17. The Morgan fingerprint density at radius 2 is 2.27 bits per heavy atom. The van der Waals surface area contributed by atoms with E-state index in [1.165, 1.54) is 6.07 Å². The topological polar surface area (TPSA) is 39.1 Å². The van der Waals surface area contributed by atoms with Crippen LogP contribution < -0.4 is 5.32 Å². The van der Waals surface area contributed by atoms with Gasteiger partial charge in [0.25, 0.3) is 0 Å². The van der Waals surface area contributed by atoms with Crippen LogP contribution in [0.4, 0.5) is 4.39 Å². The molecule has 3 rings (SSSR count). The highest BCUT2D eigenvalue weighted by Crippen LogP contribution is 2.33. The first-order chi connectivity index (χ1) is 10.7. The number of nitrogens with one attached hydrogen (secondary N) is 1. The summed E-state index contributed by atoms with van der Waals surface area (Å²) >= 11 is 0. The molecule has 118 valence electrons. The van der Waals surface area contributed by atoms with E-state index >= 15 is 0 Å². The number of benzene rings is 1. The second kappa shape index (κ2) is 7.03. The lowest BCUT2D eigenvalue weighted by Crippen LogP contribution is -2.26. The number of hydrogen-bond donors (Lipinski definition) is 1. The van der Waals surface area contributed by atoms with Crippen molar-refractivity contribution in [3.05, 3.63) is 53.6 Å². The average molecular weight is 303 g/mol. The maximum absolute atomic E-state index is 13.5. The van der Waals surface area contributed by atoms with Gasteiger partial charge in [-0.05, 0) is 31.0 Å². The summed E-state index contributed by atoms with van der Waals surface area (Å²) < 4.78 is 21.2. The quantitative estimate of drug-likeness (QED) is 0.833. The summed E-state index contributed by atoms with van der Waals surface area (Å²) in [6, 6.07) is 6.95. The van der Waals surface area contributed by atoms with Crippen molar-refractivity contribution in [1.29, 1.82) is 0 Å². The van der Waals surface area contributed by atoms with Gasteiger partial charge in [-0.15, -0.1) is 0 Å². The summed E-state index contributed by atoms with van der Waals surface area (Å²) in [6.45, 7) is 2.45. The molecule has 0 saturated carbocycles. The molecule has 0 spiro atoms. The molecule has 0 aliphatic carbocycles. The molecule has 1 aliphatic heterocycles. The van der Waals surface area contributed by atoms with Gasteiger partial charge in [-0.3, -0.25) is 4.68 Å². The van der Waals surface area contributed by atoms with Crippen LogP contribution in [0.2, 0.25) is 0 Å². The molecule has 2 aromatic rings. The molecular formula is C17H22FN3O. The van der Waals surface area contributed by atoms with Crippen LogP contribution in [-0.4, -0.2) is 29.5 Å². The fourth-order valence-electron chi connectivity index (χ4n) is 3.01. The third-order valence-corrected chi connectivity index (χ3v) is 4.20. The molecule has 2 unspecified atom stereocenters. The number of nitrogens with zero attached hydrogens (tertiary/aromatic N) is 2. The molecule has 2 heterocycles. The minimum atomic E-state index is -0.123. The largest absolute Gasteiger partial charge is 0.373 e. The number of aromatic nitrogens is 2. The van der Waals surface area contributed by atoms with E-state index in [1.807, 2.05) is 31.6 Å². The third-order valence-electron chi connectivity index (χ3n) is 4.20. The molecule has 1 N–H and O–H groups in total. The first kappa shape index (κ1) is 15.2. The molecule has 5 heteroatoms. The smallest absolute Gasteiger partial charge is 0.126 e. The summed E-state index contributed by atoms with van der Waals surface area (Å²) in [5.74, 6) is 0.326. The van der Waals surface area contributed by atoms with Crippen LogP contribution in [0.5, 0.6) is 0 Å². The van der Waals surface area contributed by atoms with Gasteiger partial charge in [0, 0.05) is 37.9 Å². The summed E-state index contributed by atoms with van der Waals surface area (Å²) in [7, 11) is 1.92.